The Hall–Kier alpha value is -3.22. The number of hydrogen-bond acceptors (Lipinski definition) is 7. The van der Waals surface area contributed by atoms with Gasteiger partial charge in [0.2, 0.25) is 0 Å². The standard InChI is InChI=1S/C14H11N3O4/c1-5(15)9-10(6(2)18)14(20)11-7(16)3-4-8(17-21)12(11)13(9)19/h3-4,18H,1-2,15-16H2. The van der Waals surface area contributed by atoms with E-state index in [-0.39, 0.29) is 39.3 Å². The molecule has 7 heteroatoms. The van der Waals surface area contributed by atoms with Gasteiger partial charge in [-0.15, -0.1) is 4.91 Å². The summed E-state index contributed by atoms with van der Waals surface area (Å²) in [5, 5.41) is 12.3. The van der Waals surface area contributed by atoms with Crippen molar-refractivity contribution in [3.63, 3.8) is 0 Å². The van der Waals surface area contributed by atoms with E-state index in [0.717, 1.165) is 0 Å². The second-order valence-electron chi connectivity index (χ2n) is 4.40. The lowest BCUT2D eigenvalue weighted by Gasteiger charge is -2.22. The van der Waals surface area contributed by atoms with E-state index in [1.807, 2.05) is 0 Å². The smallest absolute Gasteiger partial charge is 0.200 e. The van der Waals surface area contributed by atoms with Gasteiger partial charge in [0, 0.05) is 11.4 Å². The molecule has 0 saturated carbocycles. The second-order valence-corrected chi connectivity index (χ2v) is 4.40. The molecule has 0 unspecified atom stereocenters. The number of hydrogen-bond donors (Lipinski definition) is 3. The molecule has 1 aromatic carbocycles. The van der Waals surface area contributed by atoms with E-state index in [2.05, 4.69) is 18.3 Å². The van der Waals surface area contributed by atoms with Crippen LogP contribution in [-0.4, -0.2) is 16.7 Å². The normalized spacial score (nSPS) is 13.9. The molecule has 0 aromatic heterocycles. The topological polar surface area (TPSA) is 136 Å². The van der Waals surface area contributed by atoms with Crippen LogP contribution in [0.25, 0.3) is 0 Å². The molecule has 0 atom stereocenters. The highest BCUT2D eigenvalue weighted by Gasteiger charge is 2.37. The van der Waals surface area contributed by atoms with Gasteiger partial charge < -0.3 is 16.6 Å². The van der Waals surface area contributed by atoms with Crippen LogP contribution in [0, 0.1) is 4.91 Å². The number of carbonyl (C=O) groups is 2. The molecule has 21 heavy (non-hydrogen) atoms. The van der Waals surface area contributed by atoms with Crippen LogP contribution in [0.15, 0.2) is 53.1 Å². The average Bonchev–Trinajstić information content (AvgIpc) is 2.41. The predicted octanol–water partition coefficient (Wildman–Crippen LogP) is 1.89. The minimum absolute atomic E-state index is 0.0174. The molecule has 0 fully saturated rings. The fourth-order valence-corrected chi connectivity index (χ4v) is 2.22. The summed E-state index contributed by atoms with van der Waals surface area (Å²) in [5.41, 5.74) is 9.59. The van der Waals surface area contributed by atoms with Crippen LogP contribution in [0.2, 0.25) is 0 Å². The van der Waals surface area contributed by atoms with Crippen LogP contribution in [-0.2, 0) is 0 Å². The van der Waals surface area contributed by atoms with Gasteiger partial charge >= 0.3 is 0 Å². The van der Waals surface area contributed by atoms with Crippen LogP contribution in [0.1, 0.15) is 20.7 Å². The van der Waals surface area contributed by atoms with Gasteiger partial charge in [-0.2, -0.15) is 0 Å². The van der Waals surface area contributed by atoms with Crippen molar-refractivity contribution in [2.45, 2.75) is 0 Å². The molecule has 0 bridgehead atoms. The lowest BCUT2D eigenvalue weighted by molar-refractivity contribution is 0.0974. The Bertz CT molecular complexity index is 775. The van der Waals surface area contributed by atoms with Gasteiger partial charge in [0.05, 0.1) is 22.3 Å². The van der Waals surface area contributed by atoms with E-state index >= 15 is 0 Å². The van der Waals surface area contributed by atoms with Crippen LogP contribution >= 0.6 is 0 Å². The molecule has 0 spiro atoms. The molecule has 106 valence electrons. The first kappa shape index (κ1) is 14.2. The Morgan fingerprint density at radius 3 is 2.14 bits per heavy atom. The molecular formula is C14H11N3O4. The van der Waals surface area contributed by atoms with Gasteiger partial charge in [0.15, 0.2) is 11.6 Å². The SMILES string of the molecule is C=C(N)C1=C(C(=C)O)C(=O)c2c(N)ccc(N=O)c2C1=O. The highest BCUT2D eigenvalue weighted by atomic mass is 16.3. The maximum Gasteiger partial charge on any atom is 0.200 e. The van der Waals surface area contributed by atoms with Crippen molar-refractivity contribution in [3.05, 3.63) is 63.9 Å². The highest BCUT2D eigenvalue weighted by Crippen LogP contribution is 2.38. The number of carbonyl (C=O) groups excluding carboxylic acids is 2. The summed E-state index contributed by atoms with van der Waals surface area (Å²) < 4.78 is 0. The molecule has 7 nitrogen and oxygen atoms in total. The van der Waals surface area contributed by atoms with Gasteiger partial charge in [-0.25, -0.2) is 0 Å². The molecule has 5 N–H and O–H groups in total. The van der Waals surface area contributed by atoms with Crippen LogP contribution in [0.5, 0.6) is 0 Å². The molecule has 0 heterocycles. The van der Waals surface area contributed by atoms with Crippen LogP contribution < -0.4 is 11.5 Å². The number of ketones is 2. The molecule has 0 aliphatic heterocycles. The third-order valence-electron chi connectivity index (χ3n) is 3.08. The van der Waals surface area contributed by atoms with Gasteiger partial charge in [-0.1, -0.05) is 13.2 Å². The van der Waals surface area contributed by atoms with Gasteiger partial charge in [0.25, 0.3) is 0 Å². The Kier molecular flexibility index (Phi) is 3.18. The van der Waals surface area contributed by atoms with Crippen LogP contribution in [0.3, 0.4) is 0 Å². The third-order valence-corrected chi connectivity index (χ3v) is 3.08. The number of fused-ring (bicyclic) bond motifs is 1. The number of aliphatic hydroxyl groups excluding tert-OH is 1. The van der Waals surface area contributed by atoms with Crippen molar-refractivity contribution in [1.82, 2.24) is 0 Å². The molecule has 0 saturated heterocycles. The molecule has 1 aromatic rings. The number of nitrogens with zero attached hydrogens (tertiary/aromatic N) is 1. The van der Waals surface area contributed by atoms with Crippen molar-refractivity contribution >= 4 is 22.9 Å². The van der Waals surface area contributed by atoms with E-state index < -0.39 is 17.3 Å². The second kappa shape index (κ2) is 4.71. The van der Waals surface area contributed by atoms with Gasteiger partial charge in [-0.05, 0) is 17.3 Å². The van der Waals surface area contributed by atoms with E-state index in [1.165, 1.54) is 12.1 Å². The van der Waals surface area contributed by atoms with Crippen LogP contribution in [0.4, 0.5) is 11.4 Å². The van der Waals surface area contributed by atoms with Crippen molar-refractivity contribution in [2.24, 2.45) is 10.9 Å². The zero-order valence-corrected chi connectivity index (χ0v) is 10.8. The lowest BCUT2D eigenvalue weighted by atomic mass is 9.81. The number of rotatable bonds is 3. The largest absolute Gasteiger partial charge is 0.508 e. The molecule has 1 aliphatic carbocycles. The van der Waals surface area contributed by atoms with Gasteiger partial charge in [0.1, 0.15) is 11.4 Å². The molecule has 0 radical (unpaired) electrons. The molecule has 0 amide bonds. The first-order chi connectivity index (χ1) is 9.81. The fourth-order valence-electron chi connectivity index (χ4n) is 2.22. The zero-order valence-electron chi connectivity index (χ0n) is 10.8. The summed E-state index contributed by atoms with van der Waals surface area (Å²) in [6, 6.07) is 2.50. The molecule has 1 aliphatic rings. The maximum absolute atomic E-state index is 12.5. The summed E-state index contributed by atoms with van der Waals surface area (Å²) in [5.74, 6) is -2.16. The van der Waals surface area contributed by atoms with E-state index in [1.54, 1.807) is 0 Å². The highest BCUT2D eigenvalue weighted by molar-refractivity contribution is 6.32. The Labute approximate surface area is 119 Å². The zero-order chi connectivity index (χ0) is 15.9. The summed E-state index contributed by atoms with van der Waals surface area (Å²) in [7, 11) is 0. The van der Waals surface area contributed by atoms with Gasteiger partial charge in [-0.3, -0.25) is 9.59 Å². The van der Waals surface area contributed by atoms with E-state index in [9.17, 15) is 19.6 Å². The number of Topliss-reactive ketones (excluding diaryl/α,β-unsaturated/α-hetero) is 2. The first-order valence-electron chi connectivity index (χ1n) is 5.73. The summed E-state index contributed by atoms with van der Waals surface area (Å²) in [4.78, 5) is 35.8. The Morgan fingerprint density at radius 1 is 1.10 bits per heavy atom. The Morgan fingerprint density at radius 2 is 1.67 bits per heavy atom. The van der Waals surface area contributed by atoms with E-state index in [0.29, 0.717) is 0 Å². The number of nitroso groups, excluding NO2 is 1. The quantitative estimate of drug-likeness (QED) is 0.440. The fraction of sp³-hybridized carbons (Fsp3) is 0. The third kappa shape index (κ3) is 1.91. The maximum atomic E-state index is 12.5. The monoisotopic (exact) mass is 285 g/mol. The van der Waals surface area contributed by atoms with Crippen molar-refractivity contribution in [1.29, 1.82) is 0 Å². The first-order valence-corrected chi connectivity index (χ1v) is 5.73. The molecular weight excluding hydrogens is 274 g/mol. The minimum atomic E-state index is -0.762. The number of anilines is 1. The van der Waals surface area contributed by atoms with E-state index in [4.69, 9.17) is 11.5 Å². The predicted molar refractivity (Wildman–Crippen MR) is 77.1 cm³/mol. The summed E-state index contributed by atoms with van der Waals surface area (Å²) >= 11 is 0. The summed E-state index contributed by atoms with van der Waals surface area (Å²) in [6.07, 6.45) is 0. The number of allylic oxidation sites excluding steroid dienone is 2. The number of nitrogen functional groups attached to an aromatic ring is 1. The number of aliphatic hydroxyl groups is 1. The van der Waals surface area contributed by atoms with Crippen molar-refractivity contribution < 1.29 is 14.7 Å². The Balaban J connectivity index is 2.94. The number of nitrogens with two attached hydrogens (primary N) is 2. The summed E-state index contributed by atoms with van der Waals surface area (Å²) in [6.45, 7) is 6.65. The average molecular weight is 285 g/mol. The molecule has 2 rings (SSSR count). The van der Waals surface area contributed by atoms with Crippen molar-refractivity contribution in [2.75, 3.05) is 5.73 Å². The van der Waals surface area contributed by atoms with Crippen molar-refractivity contribution in [3.8, 4) is 0 Å². The lowest BCUT2D eigenvalue weighted by Crippen LogP contribution is -2.27. The minimum Gasteiger partial charge on any atom is -0.508 e. The number of benzene rings is 1.